The summed E-state index contributed by atoms with van der Waals surface area (Å²) in [6.45, 7) is 2.36. The number of hydrogen-bond donors (Lipinski definition) is 0. The van der Waals surface area contributed by atoms with E-state index in [1.807, 2.05) is 6.92 Å². The van der Waals surface area contributed by atoms with Crippen molar-refractivity contribution in [3.05, 3.63) is 41.2 Å². The second kappa shape index (κ2) is 7.20. The summed E-state index contributed by atoms with van der Waals surface area (Å²) in [7, 11) is 2.60. The molecule has 0 radical (unpaired) electrons. The Morgan fingerprint density at radius 1 is 1.16 bits per heavy atom. The van der Waals surface area contributed by atoms with Crippen molar-refractivity contribution in [2.75, 3.05) is 20.8 Å². The fraction of sp³-hybridized carbons (Fsp3) is 0.286. The second-order valence-corrected chi connectivity index (χ2v) is 3.54. The fourth-order valence-corrected chi connectivity index (χ4v) is 1.46. The molecule has 5 nitrogen and oxygen atoms in total. The summed E-state index contributed by atoms with van der Waals surface area (Å²) in [5.74, 6) is -0.949. The molecule has 0 saturated carbocycles. The summed E-state index contributed by atoms with van der Waals surface area (Å²) < 4.78 is 14.4. The molecule has 0 heterocycles. The molecule has 0 aliphatic heterocycles. The number of rotatable bonds is 5. The van der Waals surface area contributed by atoms with Gasteiger partial charge in [0.05, 0.1) is 38.2 Å². The van der Waals surface area contributed by atoms with Crippen molar-refractivity contribution >= 4 is 18.0 Å². The van der Waals surface area contributed by atoms with Crippen LogP contribution in [-0.4, -0.2) is 32.8 Å². The Labute approximate surface area is 111 Å². The van der Waals surface area contributed by atoms with Crippen molar-refractivity contribution < 1.29 is 23.8 Å². The van der Waals surface area contributed by atoms with Crippen LogP contribution in [0.5, 0.6) is 0 Å². The first-order valence-corrected chi connectivity index (χ1v) is 5.72. The molecule has 0 aliphatic rings. The molecule has 0 aromatic heterocycles. The first-order valence-electron chi connectivity index (χ1n) is 5.72. The van der Waals surface area contributed by atoms with Crippen LogP contribution in [0, 0.1) is 0 Å². The van der Waals surface area contributed by atoms with Gasteiger partial charge in [0.15, 0.2) is 0 Å². The molecule has 0 aliphatic carbocycles. The minimum atomic E-state index is -0.479. The molecular formula is C14H16O5. The molecule has 0 fully saturated rings. The maximum Gasteiger partial charge on any atom is 0.338 e. The third kappa shape index (κ3) is 3.84. The summed E-state index contributed by atoms with van der Waals surface area (Å²) >= 11 is 0. The van der Waals surface area contributed by atoms with Gasteiger partial charge in [-0.1, -0.05) is 0 Å². The van der Waals surface area contributed by atoms with Gasteiger partial charge in [0, 0.05) is 0 Å². The van der Waals surface area contributed by atoms with Gasteiger partial charge in [-0.3, -0.25) is 0 Å². The van der Waals surface area contributed by atoms with Crippen LogP contribution in [0.3, 0.4) is 0 Å². The Hall–Kier alpha value is -2.30. The zero-order valence-electron chi connectivity index (χ0n) is 11.1. The SMILES string of the molecule is CCO/C=C/c1cc(C(=O)OC)ccc1C(=O)OC. The molecular weight excluding hydrogens is 248 g/mol. The lowest BCUT2D eigenvalue weighted by Gasteiger charge is -2.06. The van der Waals surface area contributed by atoms with Gasteiger partial charge in [-0.05, 0) is 36.8 Å². The highest BCUT2D eigenvalue weighted by Gasteiger charge is 2.13. The van der Waals surface area contributed by atoms with Crippen molar-refractivity contribution in [3.8, 4) is 0 Å². The van der Waals surface area contributed by atoms with Gasteiger partial charge < -0.3 is 14.2 Å². The van der Waals surface area contributed by atoms with Gasteiger partial charge in [0.25, 0.3) is 0 Å². The van der Waals surface area contributed by atoms with Crippen molar-refractivity contribution in [1.29, 1.82) is 0 Å². The fourth-order valence-electron chi connectivity index (χ4n) is 1.46. The van der Waals surface area contributed by atoms with Crippen LogP contribution < -0.4 is 0 Å². The number of ether oxygens (including phenoxy) is 3. The number of carbonyl (C=O) groups excluding carboxylic acids is 2. The first kappa shape index (κ1) is 14.8. The van der Waals surface area contributed by atoms with Gasteiger partial charge in [-0.25, -0.2) is 9.59 Å². The molecule has 0 spiro atoms. The van der Waals surface area contributed by atoms with E-state index in [9.17, 15) is 9.59 Å². The lowest BCUT2D eigenvalue weighted by Crippen LogP contribution is -2.07. The molecule has 0 N–H and O–H groups in total. The molecule has 19 heavy (non-hydrogen) atoms. The van der Waals surface area contributed by atoms with Crippen LogP contribution in [0.2, 0.25) is 0 Å². The highest BCUT2D eigenvalue weighted by Crippen LogP contribution is 2.16. The van der Waals surface area contributed by atoms with E-state index in [1.54, 1.807) is 12.1 Å². The van der Waals surface area contributed by atoms with Gasteiger partial charge in [-0.2, -0.15) is 0 Å². The lowest BCUT2D eigenvalue weighted by atomic mass is 10.0. The highest BCUT2D eigenvalue weighted by atomic mass is 16.5. The number of esters is 2. The van der Waals surface area contributed by atoms with Gasteiger partial charge in [0.2, 0.25) is 0 Å². The quantitative estimate of drug-likeness (QED) is 0.603. The predicted molar refractivity (Wildman–Crippen MR) is 69.8 cm³/mol. The molecule has 0 saturated heterocycles. The Kier molecular flexibility index (Phi) is 5.60. The van der Waals surface area contributed by atoms with Crippen molar-refractivity contribution in [1.82, 2.24) is 0 Å². The van der Waals surface area contributed by atoms with E-state index in [0.29, 0.717) is 23.3 Å². The lowest BCUT2D eigenvalue weighted by molar-refractivity contribution is 0.0586. The first-order chi connectivity index (χ1) is 9.13. The van der Waals surface area contributed by atoms with Gasteiger partial charge in [-0.15, -0.1) is 0 Å². The minimum Gasteiger partial charge on any atom is -0.501 e. The molecule has 1 aromatic rings. The van der Waals surface area contributed by atoms with E-state index < -0.39 is 11.9 Å². The summed E-state index contributed by atoms with van der Waals surface area (Å²) in [4.78, 5) is 23.1. The summed E-state index contributed by atoms with van der Waals surface area (Å²) in [6, 6.07) is 4.58. The number of carbonyl (C=O) groups is 2. The molecule has 0 atom stereocenters. The summed E-state index contributed by atoms with van der Waals surface area (Å²) in [6.07, 6.45) is 3.06. The van der Waals surface area contributed by atoms with E-state index in [2.05, 4.69) is 9.47 Å². The van der Waals surface area contributed by atoms with Crippen LogP contribution in [0.15, 0.2) is 24.5 Å². The van der Waals surface area contributed by atoms with Crippen LogP contribution in [0.25, 0.3) is 6.08 Å². The van der Waals surface area contributed by atoms with Crippen molar-refractivity contribution in [3.63, 3.8) is 0 Å². The average Bonchev–Trinajstić information content (AvgIpc) is 2.45. The van der Waals surface area contributed by atoms with Crippen LogP contribution in [0.1, 0.15) is 33.2 Å². The number of benzene rings is 1. The van der Waals surface area contributed by atoms with Crippen LogP contribution >= 0.6 is 0 Å². The minimum absolute atomic E-state index is 0.353. The largest absolute Gasteiger partial charge is 0.501 e. The van der Waals surface area contributed by atoms with Crippen LogP contribution in [-0.2, 0) is 14.2 Å². The Morgan fingerprint density at radius 2 is 1.84 bits per heavy atom. The summed E-state index contributed by atoms with van der Waals surface area (Å²) in [5, 5.41) is 0. The molecule has 1 aromatic carbocycles. The number of methoxy groups -OCH3 is 2. The molecule has 1 rings (SSSR count). The Balaban J connectivity index is 3.18. The van der Waals surface area contributed by atoms with Crippen molar-refractivity contribution in [2.45, 2.75) is 6.92 Å². The highest BCUT2D eigenvalue weighted by molar-refractivity contribution is 5.96. The van der Waals surface area contributed by atoms with Gasteiger partial charge >= 0.3 is 11.9 Å². The zero-order valence-corrected chi connectivity index (χ0v) is 11.1. The molecule has 0 amide bonds. The third-order valence-corrected chi connectivity index (χ3v) is 2.39. The monoisotopic (exact) mass is 264 g/mol. The predicted octanol–water partition coefficient (Wildman–Crippen LogP) is 2.27. The van der Waals surface area contributed by atoms with E-state index in [-0.39, 0.29) is 0 Å². The maximum atomic E-state index is 11.6. The third-order valence-electron chi connectivity index (χ3n) is 2.39. The second-order valence-electron chi connectivity index (χ2n) is 3.54. The van der Waals surface area contributed by atoms with E-state index >= 15 is 0 Å². The maximum absolute atomic E-state index is 11.6. The number of hydrogen-bond acceptors (Lipinski definition) is 5. The van der Waals surface area contributed by atoms with E-state index in [4.69, 9.17) is 4.74 Å². The zero-order chi connectivity index (χ0) is 14.3. The van der Waals surface area contributed by atoms with E-state index in [1.165, 1.54) is 32.6 Å². The average molecular weight is 264 g/mol. The Morgan fingerprint density at radius 3 is 2.42 bits per heavy atom. The smallest absolute Gasteiger partial charge is 0.338 e. The molecule has 102 valence electrons. The van der Waals surface area contributed by atoms with Gasteiger partial charge in [0.1, 0.15) is 0 Å². The standard InChI is InChI=1S/C14H16O5/c1-4-19-8-7-10-9-11(13(15)17-2)5-6-12(10)14(16)18-3/h5-9H,4H2,1-3H3/b8-7+. The Bertz CT molecular complexity index is 491. The van der Waals surface area contributed by atoms with Crippen molar-refractivity contribution in [2.24, 2.45) is 0 Å². The topological polar surface area (TPSA) is 61.8 Å². The molecule has 0 unspecified atom stereocenters. The van der Waals surface area contributed by atoms with Crippen LogP contribution in [0.4, 0.5) is 0 Å². The summed E-state index contributed by atoms with van der Waals surface area (Å²) in [5.41, 5.74) is 1.24. The molecule has 5 heteroatoms. The van der Waals surface area contributed by atoms with E-state index in [0.717, 1.165) is 0 Å². The molecule has 0 bridgehead atoms. The normalized spacial score (nSPS) is 10.3.